The second-order valence-corrected chi connectivity index (χ2v) is 3.03. The average molecular weight is 186 g/mol. The number of hydrogen-bond donors (Lipinski definition) is 1. The van der Waals surface area contributed by atoms with Crippen molar-refractivity contribution < 1.29 is 14.3 Å². The Kier molecular flexibility index (Phi) is 2.70. The van der Waals surface area contributed by atoms with Gasteiger partial charge in [0.25, 0.3) is 0 Å². The van der Waals surface area contributed by atoms with E-state index in [1.165, 1.54) is 23.9 Å². The Bertz CT molecular complexity index is 312. The lowest BCUT2D eigenvalue weighted by Crippen LogP contribution is -1.99. The van der Waals surface area contributed by atoms with Crippen LogP contribution in [0.3, 0.4) is 0 Å². The Balaban J connectivity index is 3.12. The number of benzene rings is 1. The number of thioether (sulfide) groups is 1. The van der Waals surface area contributed by atoms with Crippen molar-refractivity contribution in [3.05, 3.63) is 29.6 Å². The Morgan fingerprint density at radius 2 is 2.25 bits per heavy atom. The molecule has 0 bridgehead atoms. The first-order valence-electron chi connectivity index (χ1n) is 3.22. The van der Waals surface area contributed by atoms with Gasteiger partial charge in [-0.25, -0.2) is 9.18 Å². The molecule has 0 saturated heterocycles. The third-order valence-corrected chi connectivity index (χ3v) is 2.13. The van der Waals surface area contributed by atoms with Crippen molar-refractivity contribution in [3.63, 3.8) is 0 Å². The van der Waals surface area contributed by atoms with Crippen molar-refractivity contribution in [3.8, 4) is 0 Å². The number of carboxylic acid groups (broad SMARTS) is 1. The van der Waals surface area contributed by atoms with Crippen molar-refractivity contribution in [2.75, 3.05) is 6.26 Å². The van der Waals surface area contributed by atoms with Crippen molar-refractivity contribution in [1.29, 1.82) is 0 Å². The highest BCUT2D eigenvalue weighted by molar-refractivity contribution is 7.98. The standard InChI is InChI=1S/C8H7FO2S/c1-12-5-2-3-6(8(10)11)7(9)4-5/h2-4H,1H3,(H,10,11). The maximum absolute atomic E-state index is 12.9. The van der Waals surface area contributed by atoms with Gasteiger partial charge in [0.15, 0.2) is 0 Å². The molecule has 0 aliphatic rings. The van der Waals surface area contributed by atoms with Gasteiger partial charge in [0.05, 0.1) is 5.56 Å². The zero-order valence-electron chi connectivity index (χ0n) is 6.37. The molecule has 0 atom stereocenters. The molecular weight excluding hydrogens is 179 g/mol. The second-order valence-electron chi connectivity index (χ2n) is 2.15. The molecule has 12 heavy (non-hydrogen) atoms. The van der Waals surface area contributed by atoms with Gasteiger partial charge in [0.2, 0.25) is 0 Å². The molecule has 0 radical (unpaired) electrons. The van der Waals surface area contributed by atoms with Crippen molar-refractivity contribution >= 4 is 17.7 Å². The number of carboxylic acids is 1. The molecule has 0 unspecified atom stereocenters. The van der Waals surface area contributed by atoms with Crippen LogP contribution in [-0.4, -0.2) is 17.3 Å². The predicted octanol–water partition coefficient (Wildman–Crippen LogP) is 2.25. The van der Waals surface area contributed by atoms with Crippen LogP contribution in [-0.2, 0) is 0 Å². The van der Waals surface area contributed by atoms with E-state index in [0.29, 0.717) is 0 Å². The zero-order chi connectivity index (χ0) is 9.14. The van der Waals surface area contributed by atoms with Gasteiger partial charge >= 0.3 is 5.97 Å². The van der Waals surface area contributed by atoms with Crippen LogP contribution in [0.4, 0.5) is 4.39 Å². The minimum Gasteiger partial charge on any atom is -0.478 e. The van der Waals surface area contributed by atoms with E-state index >= 15 is 0 Å². The lowest BCUT2D eigenvalue weighted by Gasteiger charge is -1.99. The molecule has 0 heterocycles. The van der Waals surface area contributed by atoms with E-state index in [0.717, 1.165) is 4.90 Å². The van der Waals surface area contributed by atoms with Gasteiger partial charge in [-0.15, -0.1) is 11.8 Å². The van der Waals surface area contributed by atoms with E-state index < -0.39 is 11.8 Å². The first-order chi connectivity index (χ1) is 5.65. The number of rotatable bonds is 2. The Morgan fingerprint density at radius 3 is 2.67 bits per heavy atom. The first-order valence-corrected chi connectivity index (χ1v) is 4.44. The Labute approximate surface area is 73.4 Å². The summed E-state index contributed by atoms with van der Waals surface area (Å²) in [6, 6.07) is 4.06. The van der Waals surface area contributed by atoms with Crippen LogP contribution >= 0.6 is 11.8 Å². The molecule has 0 fully saturated rings. The molecule has 64 valence electrons. The molecule has 0 aliphatic heterocycles. The summed E-state index contributed by atoms with van der Waals surface area (Å²) < 4.78 is 12.9. The van der Waals surface area contributed by atoms with Gasteiger partial charge in [0, 0.05) is 4.90 Å². The highest BCUT2D eigenvalue weighted by atomic mass is 32.2. The minimum atomic E-state index is -1.24. The fourth-order valence-corrected chi connectivity index (χ4v) is 1.22. The van der Waals surface area contributed by atoms with Crippen LogP contribution in [0.2, 0.25) is 0 Å². The first kappa shape index (κ1) is 9.06. The van der Waals surface area contributed by atoms with E-state index in [9.17, 15) is 9.18 Å². The summed E-state index contributed by atoms with van der Waals surface area (Å²) in [6.45, 7) is 0. The quantitative estimate of drug-likeness (QED) is 0.720. The van der Waals surface area contributed by atoms with Gasteiger partial charge in [-0.2, -0.15) is 0 Å². The summed E-state index contributed by atoms with van der Waals surface area (Å²) in [6.07, 6.45) is 1.80. The second kappa shape index (κ2) is 3.58. The Hall–Kier alpha value is -1.03. The monoisotopic (exact) mass is 186 g/mol. The van der Waals surface area contributed by atoms with Gasteiger partial charge < -0.3 is 5.11 Å². The SMILES string of the molecule is CSc1ccc(C(=O)O)c(F)c1. The summed E-state index contributed by atoms with van der Waals surface area (Å²) in [5.74, 6) is -1.92. The van der Waals surface area contributed by atoms with Crippen LogP contribution in [0.1, 0.15) is 10.4 Å². The molecule has 0 aliphatic carbocycles. The van der Waals surface area contributed by atoms with E-state index in [1.807, 2.05) is 0 Å². The van der Waals surface area contributed by atoms with E-state index in [2.05, 4.69) is 0 Å². The van der Waals surface area contributed by atoms with E-state index in [4.69, 9.17) is 5.11 Å². The fourth-order valence-electron chi connectivity index (χ4n) is 0.796. The normalized spacial score (nSPS) is 9.83. The number of carbonyl (C=O) groups is 1. The topological polar surface area (TPSA) is 37.3 Å². The molecule has 0 spiro atoms. The third kappa shape index (κ3) is 1.76. The molecular formula is C8H7FO2S. The molecule has 1 rings (SSSR count). The van der Waals surface area contributed by atoms with Gasteiger partial charge in [-0.1, -0.05) is 0 Å². The zero-order valence-corrected chi connectivity index (χ0v) is 7.19. The number of aromatic carboxylic acids is 1. The van der Waals surface area contributed by atoms with Crippen molar-refractivity contribution in [1.82, 2.24) is 0 Å². The molecule has 1 aromatic carbocycles. The van der Waals surface area contributed by atoms with E-state index in [-0.39, 0.29) is 5.56 Å². The highest BCUT2D eigenvalue weighted by Crippen LogP contribution is 2.18. The fraction of sp³-hybridized carbons (Fsp3) is 0.125. The van der Waals surface area contributed by atoms with Crippen LogP contribution in [0.15, 0.2) is 23.1 Å². The maximum atomic E-state index is 12.9. The summed E-state index contributed by atoms with van der Waals surface area (Å²) in [5, 5.41) is 8.48. The van der Waals surface area contributed by atoms with Gasteiger partial charge in [-0.3, -0.25) is 0 Å². The van der Waals surface area contributed by atoms with Crippen LogP contribution in [0.5, 0.6) is 0 Å². The van der Waals surface area contributed by atoms with Crippen LogP contribution in [0, 0.1) is 5.82 Å². The minimum absolute atomic E-state index is 0.284. The molecule has 1 aromatic rings. The average Bonchev–Trinajstić information content (AvgIpc) is 2.03. The summed E-state index contributed by atoms with van der Waals surface area (Å²) in [7, 11) is 0. The number of halogens is 1. The van der Waals surface area contributed by atoms with Crippen molar-refractivity contribution in [2.24, 2.45) is 0 Å². The molecule has 2 nitrogen and oxygen atoms in total. The predicted molar refractivity (Wildman–Crippen MR) is 45.1 cm³/mol. The smallest absolute Gasteiger partial charge is 0.338 e. The molecule has 0 saturated carbocycles. The van der Waals surface area contributed by atoms with Crippen LogP contribution < -0.4 is 0 Å². The summed E-state index contributed by atoms with van der Waals surface area (Å²) in [5.41, 5.74) is -0.284. The lowest BCUT2D eigenvalue weighted by atomic mass is 10.2. The van der Waals surface area contributed by atoms with Gasteiger partial charge in [0.1, 0.15) is 5.82 Å². The summed E-state index contributed by atoms with van der Waals surface area (Å²) >= 11 is 1.37. The van der Waals surface area contributed by atoms with Gasteiger partial charge in [-0.05, 0) is 24.5 Å². The summed E-state index contributed by atoms with van der Waals surface area (Å²) in [4.78, 5) is 11.1. The largest absolute Gasteiger partial charge is 0.478 e. The maximum Gasteiger partial charge on any atom is 0.338 e. The highest BCUT2D eigenvalue weighted by Gasteiger charge is 2.09. The van der Waals surface area contributed by atoms with E-state index in [1.54, 1.807) is 12.3 Å². The number of hydrogen-bond acceptors (Lipinski definition) is 2. The molecule has 0 aromatic heterocycles. The Morgan fingerprint density at radius 1 is 1.58 bits per heavy atom. The van der Waals surface area contributed by atoms with Crippen molar-refractivity contribution in [2.45, 2.75) is 4.90 Å². The van der Waals surface area contributed by atoms with Crippen LogP contribution in [0.25, 0.3) is 0 Å². The lowest BCUT2D eigenvalue weighted by molar-refractivity contribution is 0.0692. The molecule has 1 N–H and O–H groups in total. The third-order valence-electron chi connectivity index (χ3n) is 1.41. The molecule has 4 heteroatoms. The molecule has 0 amide bonds.